The topological polar surface area (TPSA) is 43.4 Å². The molecule has 0 aromatic heterocycles. The van der Waals surface area contributed by atoms with E-state index in [0.717, 1.165) is 6.07 Å². The lowest BCUT2D eigenvalue weighted by Gasteiger charge is -2.07. The number of methoxy groups -OCH3 is 1. The zero-order valence-corrected chi connectivity index (χ0v) is 9.25. The van der Waals surface area contributed by atoms with E-state index < -0.39 is 15.1 Å². The van der Waals surface area contributed by atoms with Crippen molar-refractivity contribution in [1.82, 2.24) is 0 Å². The number of hydrogen-bond donors (Lipinski definition) is 0. The number of rotatable bonds is 2. The van der Waals surface area contributed by atoms with Crippen molar-refractivity contribution in [3.05, 3.63) is 22.2 Å². The lowest BCUT2D eigenvalue weighted by molar-refractivity contribution is 0.401. The highest BCUT2D eigenvalue weighted by atomic mass is 35.5. The van der Waals surface area contributed by atoms with E-state index in [1.54, 1.807) is 0 Å². The van der Waals surface area contributed by atoms with E-state index >= 15 is 0 Å². The molecular formula is C7H5Cl2FO3S. The van der Waals surface area contributed by atoms with Crippen molar-refractivity contribution >= 4 is 33.4 Å². The van der Waals surface area contributed by atoms with Crippen LogP contribution in [0.2, 0.25) is 10.0 Å². The minimum absolute atomic E-state index is 0.0204. The average Bonchev–Trinajstić information content (AvgIpc) is 2.01. The molecule has 0 N–H and O–H groups in total. The van der Waals surface area contributed by atoms with Crippen molar-refractivity contribution in [2.45, 2.75) is 4.90 Å². The van der Waals surface area contributed by atoms with E-state index in [4.69, 9.17) is 23.2 Å². The molecule has 0 aliphatic carbocycles. The molecule has 78 valence electrons. The van der Waals surface area contributed by atoms with Crippen molar-refractivity contribution in [2.75, 3.05) is 7.11 Å². The van der Waals surface area contributed by atoms with Crippen LogP contribution >= 0.6 is 23.2 Å². The molecule has 0 atom stereocenters. The molecule has 0 unspecified atom stereocenters. The largest absolute Gasteiger partial charge is 0.494 e. The minimum atomic E-state index is -4.88. The first-order valence-corrected chi connectivity index (χ1v) is 5.48. The van der Waals surface area contributed by atoms with E-state index in [1.807, 2.05) is 0 Å². The van der Waals surface area contributed by atoms with Gasteiger partial charge in [0.25, 0.3) is 0 Å². The van der Waals surface area contributed by atoms with Crippen LogP contribution in [-0.2, 0) is 10.2 Å². The van der Waals surface area contributed by atoms with Gasteiger partial charge >= 0.3 is 10.2 Å². The van der Waals surface area contributed by atoms with E-state index in [0.29, 0.717) is 0 Å². The maximum Gasteiger partial charge on any atom is 0.335 e. The van der Waals surface area contributed by atoms with E-state index in [1.165, 1.54) is 13.2 Å². The summed E-state index contributed by atoms with van der Waals surface area (Å²) in [5.41, 5.74) is 0. The molecule has 0 aliphatic heterocycles. The average molecular weight is 259 g/mol. The van der Waals surface area contributed by atoms with Crippen molar-refractivity contribution < 1.29 is 17.0 Å². The zero-order valence-electron chi connectivity index (χ0n) is 6.92. The first kappa shape index (κ1) is 11.6. The molecule has 1 rings (SSSR count). The Hall–Kier alpha value is -0.520. The first-order valence-electron chi connectivity index (χ1n) is 3.34. The van der Waals surface area contributed by atoms with Crippen LogP contribution in [0.3, 0.4) is 0 Å². The van der Waals surface area contributed by atoms with Crippen molar-refractivity contribution in [2.24, 2.45) is 0 Å². The molecular weight excluding hydrogens is 254 g/mol. The highest BCUT2D eigenvalue weighted by molar-refractivity contribution is 7.86. The number of benzene rings is 1. The maximum atomic E-state index is 12.7. The van der Waals surface area contributed by atoms with Crippen LogP contribution in [0.1, 0.15) is 0 Å². The molecule has 0 spiro atoms. The lowest BCUT2D eigenvalue weighted by atomic mass is 10.3. The summed E-state index contributed by atoms with van der Waals surface area (Å²) in [6.07, 6.45) is 0. The zero-order chi connectivity index (χ0) is 10.9. The molecule has 0 heterocycles. The van der Waals surface area contributed by atoms with Gasteiger partial charge in [0, 0.05) is 5.02 Å². The molecule has 0 bridgehead atoms. The van der Waals surface area contributed by atoms with Gasteiger partial charge in [-0.1, -0.05) is 23.2 Å². The second-order valence-corrected chi connectivity index (χ2v) is 4.52. The molecule has 0 saturated heterocycles. The Morgan fingerprint density at radius 1 is 1.36 bits per heavy atom. The fraction of sp³-hybridized carbons (Fsp3) is 0.143. The Morgan fingerprint density at radius 3 is 2.36 bits per heavy atom. The molecule has 0 fully saturated rings. The highest BCUT2D eigenvalue weighted by Gasteiger charge is 2.21. The van der Waals surface area contributed by atoms with Crippen molar-refractivity contribution in [3.63, 3.8) is 0 Å². The summed E-state index contributed by atoms with van der Waals surface area (Å²) in [4.78, 5) is -0.669. The quantitative estimate of drug-likeness (QED) is 0.767. The third-order valence-electron chi connectivity index (χ3n) is 1.44. The smallest absolute Gasteiger partial charge is 0.335 e. The van der Waals surface area contributed by atoms with Gasteiger partial charge in [0.2, 0.25) is 0 Å². The molecule has 1 aromatic carbocycles. The summed E-state index contributed by atoms with van der Waals surface area (Å²) < 4.78 is 38.7. The Balaban J connectivity index is 3.56. The molecule has 14 heavy (non-hydrogen) atoms. The van der Waals surface area contributed by atoms with Crippen LogP contribution in [-0.4, -0.2) is 15.5 Å². The van der Waals surface area contributed by atoms with Gasteiger partial charge in [0.05, 0.1) is 12.1 Å². The summed E-state index contributed by atoms with van der Waals surface area (Å²) in [6.45, 7) is 0. The number of ether oxygens (including phenoxy) is 1. The van der Waals surface area contributed by atoms with Crippen LogP contribution in [0.25, 0.3) is 0 Å². The predicted molar refractivity (Wildman–Crippen MR) is 51.3 cm³/mol. The third-order valence-corrected chi connectivity index (χ3v) is 2.77. The maximum absolute atomic E-state index is 12.7. The molecule has 0 aliphatic rings. The van der Waals surface area contributed by atoms with Crippen molar-refractivity contribution in [3.8, 4) is 5.75 Å². The molecule has 7 heteroatoms. The van der Waals surface area contributed by atoms with Gasteiger partial charge in [-0.05, 0) is 12.1 Å². The van der Waals surface area contributed by atoms with E-state index in [-0.39, 0.29) is 15.8 Å². The van der Waals surface area contributed by atoms with Crippen LogP contribution in [0.5, 0.6) is 5.75 Å². The Morgan fingerprint density at radius 2 is 1.93 bits per heavy atom. The first-order chi connectivity index (χ1) is 6.36. The summed E-state index contributed by atoms with van der Waals surface area (Å²) >= 11 is 11.1. The fourth-order valence-corrected chi connectivity index (χ4v) is 2.29. The highest BCUT2D eigenvalue weighted by Crippen LogP contribution is 2.35. The summed E-state index contributed by atoms with van der Waals surface area (Å²) in [5.74, 6) is -0.251. The third kappa shape index (κ3) is 2.29. The van der Waals surface area contributed by atoms with Crippen LogP contribution < -0.4 is 4.74 Å². The van der Waals surface area contributed by atoms with Gasteiger partial charge in [-0.3, -0.25) is 0 Å². The van der Waals surface area contributed by atoms with Gasteiger partial charge in [-0.25, -0.2) is 0 Å². The Bertz CT molecular complexity index is 458. The van der Waals surface area contributed by atoms with E-state index in [2.05, 4.69) is 4.74 Å². The summed E-state index contributed by atoms with van der Waals surface area (Å²) in [6, 6.07) is 2.19. The normalized spacial score (nSPS) is 11.4. The summed E-state index contributed by atoms with van der Waals surface area (Å²) in [5, 5.41) is -0.0387. The number of hydrogen-bond acceptors (Lipinski definition) is 3. The minimum Gasteiger partial charge on any atom is -0.494 e. The van der Waals surface area contributed by atoms with Crippen LogP contribution in [0, 0.1) is 0 Å². The lowest BCUT2D eigenvalue weighted by Crippen LogP contribution is -1.97. The van der Waals surface area contributed by atoms with Gasteiger partial charge in [-0.15, -0.1) is 3.89 Å². The Kier molecular flexibility index (Phi) is 3.24. The standard InChI is InChI=1S/C7H5Cl2FO3S/c1-13-7-5(9)2-4(8)3-6(7)14(10,11)12/h2-3H,1H3. The molecule has 0 amide bonds. The summed E-state index contributed by atoms with van der Waals surface area (Å²) in [7, 11) is -3.70. The number of halogens is 3. The molecule has 3 nitrogen and oxygen atoms in total. The molecule has 0 saturated carbocycles. The SMILES string of the molecule is COc1c(Cl)cc(Cl)cc1S(=O)(=O)F. The van der Waals surface area contributed by atoms with Crippen molar-refractivity contribution in [1.29, 1.82) is 0 Å². The van der Waals surface area contributed by atoms with Gasteiger partial charge in [0.15, 0.2) is 5.75 Å². The van der Waals surface area contributed by atoms with E-state index in [9.17, 15) is 12.3 Å². The molecule has 1 aromatic rings. The fourth-order valence-electron chi connectivity index (χ4n) is 0.916. The van der Waals surface area contributed by atoms with Gasteiger partial charge < -0.3 is 4.74 Å². The van der Waals surface area contributed by atoms with Gasteiger partial charge in [-0.2, -0.15) is 8.42 Å². The van der Waals surface area contributed by atoms with Crippen LogP contribution in [0.15, 0.2) is 17.0 Å². The van der Waals surface area contributed by atoms with Crippen LogP contribution in [0.4, 0.5) is 3.89 Å². The van der Waals surface area contributed by atoms with Gasteiger partial charge in [0.1, 0.15) is 4.90 Å². The Labute approximate surface area is 90.6 Å². The monoisotopic (exact) mass is 258 g/mol. The second kappa shape index (κ2) is 3.92. The predicted octanol–water partition coefficient (Wildman–Crippen LogP) is 2.66. The second-order valence-electron chi connectivity index (χ2n) is 2.36. The molecule has 0 radical (unpaired) electrons.